The van der Waals surface area contributed by atoms with Gasteiger partial charge in [0.05, 0.1) is 16.5 Å². The zero-order valence-electron chi connectivity index (χ0n) is 20.6. The predicted molar refractivity (Wildman–Crippen MR) is 150 cm³/mol. The number of thioether (sulfide) groups is 1. The van der Waals surface area contributed by atoms with Crippen molar-refractivity contribution in [1.82, 2.24) is 0 Å². The largest absolute Gasteiger partial charge is 0.456 e. The van der Waals surface area contributed by atoms with Gasteiger partial charge in [-0.2, -0.15) is 8.42 Å². The van der Waals surface area contributed by atoms with E-state index in [1.54, 1.807) is 11.8 Å². The Hall–Kier alpha value is -3.00. The third-order valence-electron chi connectivity index (χ3n) is 6.56. The molecular weight excluding hydrogens is 490 g/mol. The number of aryl methyl sites for hydroxylation is 2. The average molecular weight is 520 g/mol. The number of hydrogen-bond acceptors (Lipinski definition) is 5. The minimum Gasteiger partial charge on any atom is -0.456 e. The smallest absolute Gasteiger partial charge is 0.264 e. The number of allylic oxidation sites excluding steroid dienone is 2. The highest BCUT2D eigenvalue weighted by Gasteiger charge is 2.27. The Labute approximate surface area is 216 Å². The molecule has 0 saturated carbocycles. The van der Waals surface area contributed by atoms with Crippen LogP contribution in [0.4, 0.5) is 5.69 Å². The van der Waals surface area contributed by atoms with Crippen molar-refractivity contribution < 1.29 is 17.4 Å². The SMILES string of the molecule is CCC(=Cc1oc2ccc(C)cc2c1C)/C=C1\Sc2ccc3ccccc3c2N1CCCS(=O)(=O)O. The molecule has 0 fully saturated rings. The summed E-state index contributed by atoms with van der Waals surface area (Å²) < 4.78 is 38.3. The quantitative estimate of drug-likeness (QED) is 0.252. The summed E-state index contributed by atoms with van der Waals surface area (Å²) in [5.41, 5.74) is 5.41. The predicted octanol–water partition coefficient (Wildman–Crippen LogP) is 7.73. The second-order valence-electron chi connectivity index (χ2n) is 9.17. The van der Waals surface area contributed by atoms with Crippen LogP contribution in [0.3, 0.4) is 0 Å². The van der Waals surface area contributed by atoms with Gasteiger partial charge in [0.2, 0.25) is 0 Å². The van der Waals surface area contributed by atoms with Crippen LogP contribution in [0.1, 0.15) is 36.7 Å². The molecule has 1 aliphatic heterocycles. The lowest BCUT2D eigenvalue weighted by atomic mass is 10.1. The Balaban J connectivity index is 1.56. The highest BCUT2D eigenvalue weighted by molar-refractivity contribution is 8.03. The molecule has 1 aliphatic rings. The Bertz CT molecular complexity index is 1630. The molecule has 36 heavy (non-hydrogen) atoms. The zero-order valence-corrected chi connectivity index (χ0v) is 22.2. The molecule has 0 aliphatic carbocycles. The molecule has 7 heteroatoms. The molecule has 0 bridgehead atoms. The average Bonchev–Trinajstić information content (AvgIpc) is 3.35. The van der Waals surface area contributed by atoms with Crippen molar-refractivity contribution in [2.75, 3.05) is 17.2 Å². The Morgan fingerprint density at radius 3 is 2.67 bits per heavy atom. The van der Waals surface area contributed by atoms with Crippen LogP contribution in [0.25, 0.3) is 27.8 Å². The van der Waals surface area contributed by atoms with Crippen LogP contribution in [-0.2, 0) is 10.1 Å². The molecule has 186 valence electrons. The van der Waals surface area contributed by atoms with Gasteiger partial charge in [-0.1, -0.05) is 60.6 Å². The molecule has 0 saturated heterocycles. The van der Waals surface area contributed by atoms with Gasteiger partial charge in [-0.05, 0) is 68.0 Å². The summed E-state index contributed by atoms with van der Waals surface area (Å²) in [6, 6.07) is 18.7. The van der Waals surface area contributed by atoms with Crippen LogP contribution in [0.5, 0.6) is 0 Å². The standard InChI is InChI=1S/C29H29NO4S2/c1-4-21(17-26-20(3)24-16-19(2)10-12-25(24)34-26)18-28-30(14-7-15-36(31,32)33)29-23-9-6-5-8-22(23)11-13-27(29)35-28/h5-6,8-13,16-18H,4,7,14-15H2,1-3H3,(H,31,32,33)/b21-17?,28-18-. The van der Waals surface area contributed by atoms with Crippen LogP contribution in [0, 0.1) is 13.8 Å². The zero-order chi connectivity index (χ0) is 25.4. The third-order valence-corrected chi connectivity index (χ3v) is 8.46. The molecule has 1 aromatic heterocycles. The van der Waals surface area contributed by atoms with Crippen molar-refractivity contribution >= 4 is 55.4 Å². The normalized spacial score (nSPS) is 15.4. The molecule has 1 N–H and O–H groups in total. The number of nitrogens with zero attached hydrogens (tertiary/aromatic N) is 1. The number of furan rings is 1. The third kappa shape index (κ3) is 4.96. The van der Waals surface area contributed by atoms with E-state index in [-0.39, 0.29) is 5.75 Å². The minimum atomic E-state index is -4.02. The maximum Gasteiger partial charge on any atom is 0.264 e. The molecule has 5 nitrogen and oxygen atoms in total. The molecule has 0 amide bonds. The van der Waals surface area contributed by atoms with Crippen molar-refractivity contribution in [3.8, 4) is 0 Å². The first-order valence-corrected chi connectivity index (χ1v) is 14.5. The van der Waals surface area contributed by atoms with Crippen LogP contribution < -0.4 is 4.90 Å². The van der Waals surface area contributed by atoms with Gasteiger partial charge < -0.3 is 9.32 Å². The number of fused-ring (bicyclic) bond motifs is 4. The number of hydrogen-bond donors (Lipinski definition) is 1. The van der Waals surface area contributed by atoms with E-state index < -0.39 is 10.1 Å². The van der Waals surface area contributed by atoms with Gasteiger partial charge in [-0.25, -0.2) is 0 Å². The van der Waals surface area contributed by atoms with Crippen molar-refractivity contribution in [3.63, 3.8) is 0 Å². The van der Waals surface area contributed by atoms with Gasteiger partial charge in [0.25, 0.3) is 10.1 Å². The van der Waals surface area contributed by atoms with E-state index >= 15 is 0 Å². The van der Waals surface area contributed by atoms with Crippen molar-refractivity contribution in [2.45, 2.75) is 38.5 Å². The topological polar surface area (TPSA) is 70.8 Å². The first-order valence-electron chi connectivity index (χ1n) is 12.1. The van der Waals surface area contributed by atoms with Crippen LogP contribution in [0.15, 0.2) is 80.6 Å². The van der Waals surface area contributed by atoms with Gasteiger partial charge in [0.1, 0.15) is 11.3 Å². The summed E-state index contributed by atoms with van der Waals surface area (Å²) in [5, 5.41) is 4.43. The lowest BCUT2D eigenvalue weighted by Crippen LogP contribution is -2.22. The van der Waals surface area contributed by atoms with Gasteiger partial charge in [0, 0.05) is 27.8 Å². The summed E-state index contributed by atoms with van der Waals surface area (Å²) in [5.74, 6) is 0.587. The highest BCUT2D eigenvalue weighted by atomic mass is 32.2. The Morgan fingerprint density at radius 2 is 1.89 bits per heavy atom. The van der Waals surface area contributed by atoms with E-state index in [4.69, 9.17) is 4.42 Å². The first-order chi connectivity index (χ1) is 17.2. The highest BCUT2D eigenvalue weighted by Crippen LogP contribution is 2.50. The second-order valence-corrected chi connectivity index (χ2v) is 11.8. The van der Waals surface area contributed by atoms with E-state index in [0.717, 1.165) is 60.7 Å². The van der Waals surface area contributed by atoms with Crippen LogP contribution in [-0.4, -0.2) is 25.3 Å². The fourth-order valence-electron chi connectivity index (χ4n) is 4.67. The molecule has 0 unspecified atom stereocenters. The van der Waals surface area contributed by atoms with Gasteiger partial charge >= 0.3 is 0 Å². The molecule has 4 aromatic rings. The first kappa shape index (κ1) is 24.7. The molecule has 2 heterocycles. The van der Waals surface area contributed by atoms with E-state index in [2.05, 4.69) is 74.2 Å². The Morgan fingerprint density at radius 1 is 1.08 bits per heavy atom. The van der Waals surface area contributed by atoms with Crippen molar-refractivity contribution in [1.29, 1.82) is 0 Å². The monoisotopic (exact) mass is 519 g/mol. The molecule has 0 atom stereocenters. The summed E-state index contributed by atoms with van der Waals surface area (Å²) in [7, 11) is -4.02. The van der Waals surface area contributed by atoms with Gasteiger partial charge in [-0.15, -0.1) is 0 Å². The van der Waals surface area contributed by atoms with E-state index in [0.29, 0.717) is 13.0 Å². The van der Waals surface area contributed by atoms with E-state index in [1.807, 2.05) is 18.2 Å². The summed E-state index contributed by atoms with van der Waals surface area (Å²) in [6.45, 7) is 6.78. The fourth-order valence-corrected chi connectivity index (χ4v) is 6.35. The number of rotatable bonds is 7. The maximum absolute atomic E-state index is 11.4. The molecule has 5 rings (SSSR count). The summed E-state index contributed by atoms with van der Waals surface area (Å²) in [4.78, 5) is 3.32. The fraction of sp³-hybridized carbons (Fsp3) is 0.241. The lowest BCUT2D eigenvalue weighted by molar-refractivity contribution is 0.481. The van der Waals surface area contributed by atoms with E-state index in [1.165, 1.54) is 5.56 Å². The van der Waals surface area contributed by atoms with Crippen molar-refractivity contribution in [3.05, 3.63) is 88.2 Å². The van der Waals surface area contributed by atoms with Gasteiger partial charge in [0.15, 0.2) is 0 Å². The van der Waals surface area contributed by atoms with Crippen LogP contribution >= 0.6 is 11.8 Å². The second kappa shape index (κ2) is 9.81. The Kier molecular flexibility index (Phi) is 6.72. The summed E-state index contributed by atoms with van der Waals surface area (Å²) in [6.07, 6.45) is 5.42. The van der Waals surface area contributed by atoms with E-state index in [9.17, 15) is 13.0 Å². The molecule has 0 radical (unpaired) electrons. The number of anilines is 1. The molecule has 3 aromatic carbocycles. The molecule has 0 spiro atoms. The van der Waals surface area contributed by atoms with Crippen LogP contribution in [0.2, 0.25) is 0 Å². The van der Waals surface area contributed by atoms with Crippen molar-refractivity contribution in [2.24, 2.45) is 0 Å². The minimum absolute atomic E-state index is 0.268. The number of benzene rings is 3. The maximum atomic E-state index is 11.4. The molecular formula is C29H29NO4S2. The lowest BCUT2D eigenvalue weighted by Gasteiger charge is -2.22. The summed E-state index contributed by atoms with van der Waals surface area (Å²) >= 11 is 1.69. The van der Waals surface area contributed by atoms with Gasteiger partial charge in [-0.3, -0.25) is 4.55 Å².